The van der Waals surface area contributed by atoms with Crippen molar-refractivity contribution in [1.82, 2.24) is 24.6 Å². The van der Waals surface area contributed by atoms with Crippen molar-refractivity contribution in [2.75, 3.05) is 33.8 Å². The molecule has 1 aliphatic rings. The maximum Gasteiger partial charge on any atom is 0.236 e. The van der Waals surface area contributed by atoms with Crippen LogP contribution in [0.1, 0.15) is 22.4 Å². The zero-order valence-electron chi connectivity index (χ0n) is 14.3. The molecule has 0 unspecified atom stereocenters. The number of rotatable bonds is 6. The summed E-state index contributed by atoms with van der Waals surface area (Å²) in [5.41, 5.74) is 2.08. The SMILES string of the molecule is Cc1nc(COC[C@H]2CN(CC(=O)N(C)C)Cc3ccnn32)cs1. The summed E-state index contributed by atoms with van der Waals surface area (Å²) in [6, 6.07) is 2.11. The van der Waals surface area contributed by atoms with Gasteiger partial charge in [-0.05, 0) is 13.0 Å². The number of fused-ring (bicyclic) bond motifs is 1. The minimum atomic E-state index is 0.110. The van der Waals surface area contributed by atoms with E-state index >= 15 is 0 Å². The second-order valence-electron chi connectivity index (χ2n) is 6.25. The first-order valence-corrected chi connectivity index (χ1v) is 8.84. The van der Waals surface area contributed by atoms with Crippen molar-refractivity contribution in [1.29, 1.82) is 0 Å². The van der Waals surface area contributed by atoms with E-state index in [0.29, 0.717) is 19.8 Å². The molecule has 2 aromatic rings. The molecule has 3 heterocycles. The van der Waals surface area contributed by atoms with E-state index in [0.717, 1.165) is 29.5 Å². The van der Waals surface area contributed by atoms with Gasteiger partial charge in [0.25, 0.3) is 0 Å². The van der Waals surface area contributed by atoms with Gasteiger partial charge in [0.15, 0.2) is 0 Å². The van der Waals surface area contributed by atoms with E-state index < -0.39 is 0 Å². The number of hydrogen-bond donors (Lipinski definition) is 0. The minimum absolute atomic E-state index is 0.110. The molecule has 0 bridgehead atoms. The number of ether oxygens (including phenoxy) is 1. The van der Waals surface area contributed by atoms with Crippen LogP contribution in [-0.2, 0) is 22.7 Å². The molecule has 1 atom stereocenters. The van der Waals surface area contributed by atoms with Crippen LogP contribution in [0.15, 0.2) is 17.6 Å². The largest absolute Gasteiger partial charge is 0.373 e. The lowest BCUT2D eigenvalue weighted by molar-refractivity contribution is -0.130. The third-order valence-electron chi connectivity index (χ3n) is 4.04. The van der Waals surface area contributed by atoms with E-state index in [4.69, 9.17) is 4.74 Å². The van der Waals surface area contributed by atoms with Gasteiger partial charge in [0.2, 0.25) is 5.91 Å². The molecular formula is C16H23N5O2S. The molecule has 0 aliphatic carbocycles. The number of aryl methyl sites for hydroxylation is 1. The second-order valence-corrected chi connectivity index (χ2v) is 7.31. The molecule has 3 rings (SSSR count). The fourth-order valence-corrected chi connectivity index (χ4v) is 3.41. The molecule has 8 heteroatoms. The van der Waals surface area contributed by atoms with Gasteiger partial charge in [-0.3, -0.25) is 14.4 Å². The molecule has 2 aromatic heterocycles. The lowest BCUT2D eigenvalue weighted by atomic mass is 10.2. The summed E-state index contributed by atoms with van der Waals surface area (Å²) in [5.74, 6) is 0.112. The molecule has 0 spiro atoms. The van der Waals surface area contributed by atoms with Crippen LogP contribution in [0.5, 0.6) is 0 Å². The highest BCUT2D eigenvalue weighted by Gasteiger charge is 2.27. The van der Waals surface area contributed by atoms with Crippen molar-refractivity contribution < 1.29 is 9.53 Å². The van der Waals surface area contributed by atoms with Crippen molar-refractivity contribution in [3.05, 3.63) is 34.0 Å². The summed E-state index contributed by atoms with van der Waals surface area (Å²) in [6.07, 6.45) is 1.81. The van der Waals surface area contributed by atoms with Gasteiger partial charge >= 0.3 is 0 Å². The summed E-state index contributed by atoms with van der Waals surface area (Å²) < 4.78 is 7.88. The molecule has 24 heavy (non-hydrogen) atoms. The van der Waals surface area contributed by atoms with Gasteiger partial charge in [0, 0.05) is 38.8 Å². The number of likely N-dealkylation sites (N-methyl/N-ethyl adjacent to an activating group) is 1. The van der Waals surface area contributed by atoms with Crippen molar-refractivity contribution in [3.8, 4) is 0 Å². The van der Waals surface area contributed by atoms with Crippen LogP contribution in [0.2, 0.25) is 0 Å². The number of thiazole rings is 1. The summed E-state index contributed by atoms with van der Waals surface area (Å²) in [4.78, 5) is 20.2. The Labute approximate surface area is 145 Å². The summed E-state index contributed by atoms with van der Waals surface area (Å²) in [7, 11) is 3.57. The Bertz CT molecular complexity index is 696. The van der Waals surface area contributed by atoms with Crippen molar-refractivity contribution in [2.45, 2.75) is 26.1 Å². The molecule has 7 nitrogen and oxygen atoms in total. The number of nitrogens with zero attached hydrogens (tertiary/aromatic N) is 5. The predicted molar refractivity (Wildman–Crippen MR) is 91.7 cm³/mol. The van der Waals surface area contributed by atoms with Crippen molar-refractivity contribution >= 4 is 17.2 Å². The lowest BCUT2D eigenvalue weighted by Gasteiger charge is -2.33. The van der Waals surface area contributed by atoms with Crippen LogP contribution >= 0.6 is 11.3 Å². The van der Waals surface area contributed by atoms with Crippen LogP contribution in [0.4, 0.5) is 0 Å². The molecule has 0 aromatic carbocycles. The van der Waals surface area contributed by atoms with Gasteiger partial charge in [0.05, 0.1) is 42.2 Å². The number of carbonyl (C=O) groups excluding carboxylic acids is 1. The maximum absolute atomic E-state index is 12.0. The first kappa shape index (κ1) is 17.1. The van der Waals surface area contributed by atoms with Gasteiger partial charge in [-0.25, -0.2) is 4.98 Å². The van der Waals surface area contributed by atoms with E-state index in [9.17, 15) is 4.79 Å². The molecule has 1 aliphatic heterocycles. The molecule has 0 saturated carbocycles. The van der Waals surface area contributed by atoms with Gasteiger partial charge in [-0.1, -0.05) is 0 Å². The van der Waals surface area contributed by atoms with Crippen LogP contribution in [0.25, 0.3) is 0 Å². The number of aromatic nitrogens is 3. The van der Waals surface area contributed by atoms with E-state index in [1.54, 1.807) is 30.3 Å². The number of hydrogen-bond acceptors (Lipinski definition) is 6. The zero-order valence-corrected chi connectivity index (χ0v) is 15.1. The van der Waals surface area contributed by atoms with Gasteiger partial charge in [0.1, 0.15) is 0 Å². The molecule has 0 fully saturated rings. The highest BCUT2D eigenvalue weighted by atomic mass is 32.1. The highest BCUT2D eigenvalue weighted by molar-refractivity contribution is 7.09. The van der Waals surface area contributed by atoms with E-state index in [1.165, 1.54) is 0 Å². The van der Waals surface area contributed by atoms with Crippen LogP contribution in [-0.4, -0.2) is 64.3 Å². The summed E-state index contributed by atoms with van der Waals surface area (Å²) in [6.45, 7) is 4.96. The third kappa shape index (κ3) is 4.00. The van der Waals surface area contributed by atoms with Crippen LogP contribution in [0.3, 0.4) is 0 Å². The molecule has 0 radical (unpaired) electrons. The standard InChI is InChI=1S/C16H23N5O2S/c1-12-18-13(11-24-12)9-23-10-15-7-20(8-16(22)19(2)3)6-14-4-5-17-21(14)15/h4-5,11,15H,6-10H2,1-3H3/t15-/m1/s1. The highest BCUT2D eigenvalue weighted by Crippen LogP contribution is 2.21. The first-order valence-electron chi connectivity index (χ1n) is 7.96. The molecule has 0 N–H and O–H groups in total. The van der Waals surface area contributed by atoms with Gasteiger partial charge in [-0.2, -0.15) is 5.10 Å². The minimum Gasteiger partial charge on any atom is -0.373 e. The summed E-state index contributed by atoms with van der Waals surface area (Å²) in [5, 5.41) is 7.49. The smallest absolute Gasteiger partial charge is 0.236 e. The first-order chi connectivity index (χ1) is 11.5. The lowest BCUT2D eigenvalue weighted by Crippen LogP contribution is -2.44. The number of carbonyl (C=O) groups is 1. The van der Waals surface area contributed by atoms with Crippen LogP contribution < -0.4 is 0 Å². The van der Waals surface area contributed by atoms with E-state index in [-0.39, 0.29) is 11.9 Å². The summed E-state index contributed by atoms with van der Waals surface area (Å²) >= 11 is 1.63. The molecular weight excluding hydrogens is 326 g/mol. The Balaban J connectivity index is 1.60. The third-order valence-corrected chi connectivity index (χ3v) is 4.86. The van der Waals surface area contributed by atoms with Crippen molar-refractivity contribution in [2.24, 2.45) is 0 Å². The molecule has 0 saturated heterocycles. The van der Waals surface area contributed by atoms with E-state index in [1.807, 2.05) is 29.2 Å². The average Bonchev–Trinajstić information content (AvgIpc) is 3.16. The quantitative estimate of drug-likeness (QED) is 0.787. The average molecular weight is 349 g/mol. The Kier molecular flexibility index (Phi) is 5.27. The topological polar surface area (TPSA) is 63.5 Å². The second kappa shape index (κ2) is 7.42. The Hall–Kier alpha value is -1.77. The van der Waals surface area contributed by atoms with Gasteiger partial charge < -0.3 is 9.64 Å². The Morgan fingerprint density at radius 3 is 3.04 bits per heavy atom. The molecule has 130 valence electrons. The zero-order chi connectivity index (χ0) is 17.1. The predicted octanol–water partition coefficient (Wildman–Crippen LogP) is 1.31. The van der Waals surface area contributed by atoms with Crippen molar-refractivity contribution in [3.63, 3.8) is 0 Å². The van der Waals surface area contributed by atoms with Gasteiger partial charge in [-0.15, -0.1) is 11.3 Å². The van der Waals surface area contributed by atoms with E-state index in [2.05, 4.69) is 15.0 Å². The maximum atomic E-state index is 12.0. The Morgan fingerprint density at radius 1 is 1.50 bits per heavy atom. The fraction of sp³-hybridized carbons (Fsp3) is 0.562. The molecule has 1 amide bonds. The van der Waals surface area contributed by atoms with Crippen LogP contribution in [0, 0.1) is 6.92 Å². The number of amides is 1. The Morgan fingerprint density at radius 2 is 2.33 bits per heavy atom. The monoisotopic (exact) mass is 349 g/mol. The fourth-order valence-electron chi connectivity index (χ4n) is 2.82. The normalized spacial score (nSPS) is 17.7.